The van der Waals surface area contributed by atoms with Crippen LogP contribution in [0.4, 0.5) is 5.69 Å². The van der Waals surface area contributed by atoms with Gasteiger partial charge in [-0.3, -0.25) is 0 Å². The van der Waals surface area contributed by atoms with Gasteiger partial charge in [0.05, 0.1) is 12.7 Å². The van der Waals surface area contributed by atoms with Crippen molar-refractivity contribution in [2.45, 2.75) is 6.54 Å². The summed E-state index contributed by atoms with van der Waals surface area (Å²) in [5.41, 5.74) is 15.1. The van der Waals surface area contributed by atoms with Gasteiger partial charge in [0, 0.05) is 12.2 Å². The molecule has 19 heavy (non-hydrogen) atoms. The van der Waals surface area contributed by atoms with Crippen molar-refractivity contribution in [1.29, 1.82) is 0 Å². The van der Waals surface area contributed by atoms with E-state index < -0.39 is 5.97 Å². The molecule has 4 heteroatoms. The lowest BCUT2D eigenvalue weighted by molar-refractivity contribution is 0.0602. The predicted molar refractivity (Wildman–Crippen MR) is 75.5 cm³/mol. The van der Waals surface area contributed by atoms with E-state index in [0.717, 1.165) is 16.7 Å². The summed E-state index contributed by atoms with van der Waals surface area (Å²) in [4.78, 5) is 11.6. The van der Waals surface area contributed by atoms with E-state index in [4.69, 9.17) is 16.2 Å². The molecule has 98 valence electrons. The second-order valence-corrected chi connectivity index (χ2v) is 4.19. The number of esters is 1. The Morgan fingerprint density at radius 1 is 1.11 bits per heavy atom. The van der Waals surface area contributed by atoms with Gasteiger partial charge in [-0.25, -0.2) is 4.79 Å². The summed E-state index contributed by atoms with van der Waals surface area (Å²) >= 11 is 0. The average molecular weight is 256 g/mol. The van der Waals surface area contributed by atoms with E-state index in [9.17, 15) is 4.79 Å². The van der Waals surface area contributed by atoms with E-state index in [1.807, 2.05) is 30.3 Å². The Morgan fingerprint density at radius 3 is 2.32 bits per heavy atom. The minimum Gasteiger partial charge on any atom is -0.465 e. The number of methoxy groups -OCH3 is 1. The molecule has 0 aliphatic rings. The van der Waals surface area contributed by atoms with Crippen molar-refractivity contribution in [3.05, 3.63) is 53.6 Å². The molecule has 2 aromatic carbocycles. The minimum absolute atomic E-state index is 0.378. The van der Waals surface area contributed by atoms with Crippen molar-refractivity contribution in [1.82, 2.24) is 0 Å². The first-order valence-corrected chi connectivity index (χ1v) is 5.93. The molecule has 0 fully saturated rings. The Hall–Kier alpha value is -2.33. The van der Waals surface area contributed by atoms with Crippen molar-refractivity contribution >= 4 is 11.7 Å². The molecule has 0 aliphatic heterocycles. The van der Waals surface area contributed by atoms with Gasteiger partial charge < -0.3 is 16.2 Å². The van der Waals surface area contributed by atoms with Crippen molar-refractivity contribution < 1.29 is 9.53 Å². The molecule has 4 N–H and O–H groups in total. The molecular formula is C15H16N2O2. The molecule has 2 rings (SSSR count). The number of benzene rings is 2. The third-order valence-corrected chi connectivity index (χ3v) is 2.98. The monoisotopic (exact) mass is 256 g/mol. The maximum Gasteiger partial charge on any atom is 0.339 e. The molecule has 0 unspecified atom stereocenters. The van der Waals surface area contributed by atoms with Crippen LogP contribution in [0.15, 0.2) is 42.5 Å². The van der Waals surface area contributed by atoms with Gasteiger partial charge in [-0.05, 0) is 28.8 Å². The fourth-order valence-corrected chi connectivity index (χ4v) is 1.86. The zero-order chi connectivity index (χ0) is 13.8. The van der Waals surface area contributed by atoms with Crippen molar-refractivity contribution in [2.24, 2.45) is 5.73 Å². The first kappa shape index (κ1) is 13.1. The number of carbonyl (C=O) groups is 1. The standard InChI is InChI=1S/C15H16N2O2/c1-19-15(18)13-8-12(6-7-14(13)17)11-4-2-10(9-16)3-5-11/h2-8H,9,16-17H2,1H3. The fraction of sp³-hybridized carbons (Fsp3) is 0.133. The molecule has 0 amide bonds. The quantitative estimate of drug-likeness (QED) is 0.651. The largest absolute Gasteiger partial charge is 0.465 e. The summed E-state index contributed by atoms with van der Waals surface area (Å²) < 4.78 is 4.71. The zero-order valence-corrected chi connectivity index (χ0v) is 10.7. The number of hydrogen-bond acceptors (Lipinski definition) is 4. The van der Waals surface area contributed by atoms with Crippen LogP contribution >= 0.6 is 0 Å². The molecule has 0 aliphatic carbocycles. The average Bonchev–Trinajstić information content (AvgIpc) is 2.47. The van der Waals surface area contributed by atoms with Crippen LogP contribution in [-0.4, -0.2) is 13.1 Å². The van der Waals surface area contributed by atoms with Gasteiger partial charge in [-0.15, -0.1) is 0 Å². The minimum atomic E-state index is -0.432. The van der Waals surface area contributed by atoms with Crippen LogP contribution in [-0.2, 0) is 11.3 Å². The molecule has 0 saturated heterocycles. The van der Waals surface area contributed by atoms with Crippen LogP contribution in [0.1, 0.15) is 15.9 Å². The first-order valence-electron chi connectivity index (χ1n) is 5.93. The van der Waals surface area contributed by atoms with Gasteiger partial charge in [-0.2, -0.15) is 0 Å². The first-order chi connectivity index (χ1) is 9.15. The van der Waals surface area contributed by atoms with Gasteiger partial charge in [0.25, 0.3) is 0 Å². The smallest absolute Gasteiger partial charge is 0.339 e. The highest BCUT2D eigenvalue weighted by atomic mass is 16.5. The Morgan fingerprint density at radius 2 is 1.74 bits per heavy atom. The lowest BCUT2D eigenvalue weighted by atomic mass is 10.0. The van der Waals surface area contributed by atoms with E-state index in [1.165, 1.54) is 7.11 Å². The molecule has 0 radical (unpaired) electrons. The summed E-state index contributed by atoms with van der Waals surface area (Å²) in [6, 6.07) is 13.2. The second-order valence-electron chi connectivity index (χ2n) is 4.19. The Labute approximate surface area is 112 Å². The third-order valence-electron chi connectivity index (χ3n) is 2.98. The molecular weight excluding hydrogens is 240 g/mol. The molecule has 0 saturated carbocycles. The number of nitrogens with two attached hydrogens (primary N) is 2. The normalized spacial score (nSPS) is 10.2. The van der Waals surface area contributed by atoms with Crippen LogP contribution in [0.5, 0.6) is 0 Å². The third kappa shape index (κ3) is 2.74. The predicted octanol–water partition coefficient (Wildman–Crippen LogP) is 2.18. The lowest BCUT2D eigenvalue weighted by Crippen LogP contribution is -2.05. The van der Waals surface area contributed by atoms with Crippen LogP contribution < -0.4 is 11.5 Å². The second kappa shape index (κ2) is 5.54. The van der Waals surface area contributed by atoms with E-state index in [2.05, 4.69) is 0 Å². The highest BCUT2D eigenvalue weighted by Gasteiger charge is 2.11. The number of hydrogen-bond donors (Lipinski definition) is 2. The van der Waals surface area contributed by atoms with Crippen molar-refractivity contribution in [3.63, 3.8) is 0 Å². The summed E-state index contributed by atoms with van der Waals surface area (Å²) in [7, 11) is 1.34. The highest BCUT2D eigenvalue weighted by Crippen LogP contribution is 2.24. The van der Waals surface area contributed by atoms with Gasteiger partial charge >= 0.3 is 5.97 Å². The summed E-state index contributed by atoms with van der Waals surface area (Å²) in [6.45, 7) is 0.509. The molecule has 2 aromatic rings. The highest BCUT2D eigenvalue weighted by molar-refractivity contribution is 5.96. The van der Waals surface area contributed by atoms with Crippen molar-refractivity contribution in [2.75, 3.05) is 12.8 Å². The van der Waals surface area contributed by atoms with Gasteiger partial charge in [-0.1, -0.05) is 30.3 Å². The number of carbonyl (C=O) groups excluding carboxylic acids is 1. The summed E-state index contributed by atoms with van der Waals surface area (Å²) in [5.74, 6) is -0.432. The van der Waals surface area contributed by atoms with E-state index in [0.29, 0.717) is 17.8 Å². The number of ether oxygens (including phenoxy) is 1. The molecule has 0 aromatic heterocycles. The van der Waals surface area contributed by atoms with Gasteiger partial charge in [0.2, 0.25) is 0 Å². The summed E-state index contributed by atoms with van der Waals surface area (Å²) in [5, 5.41) is 0. The Bertz CT molecular complexity index is 592. The van der Waals surface area contributed by atoms with Crippen molar-refractivity contribution in [3.8, 4) is 11.1 Å². The SMILES string of the molecule is COC(=O)c1cc(-c2ccc(CN)cc2)ccc1N. The van der Waals surface area contributed by atoms with E-state index >= 15 is 0 Å². The molecule has 0 atom stereocenters. The van der Waals surface area contributed by atoms with Crippen LogP contribution in [0.25, 0.3) is 11.1 Å². The van der Waals surface area contributed by atoms with E-state index in [-0.39, 0.29) is 0 Å². The Kier molecular flexibility index (Phi) is 3.82. The number of nitrogen functional groups attached to an aromatic ring is 1. The van der Waals surface area contributed by atoms with Crippen LogP contribution in [0.3, 0.4) is 0 Å². The van der Waals surface area contributed by atoms with E-state index in [1.54, 1.807) is 12.1 Å². The maximum absolute atomic E-state index is 11.6. The fourth-order valence-electron chi connectivity index (χ4n) is 1.86. The topological polar surface area (TPSA) is 78.3 Å². The molecule has 0 heterocycles. The number of rotatable bonds is 3. The van der Waals surface area contributed by atoms with Gasteiger partial charge in [0.1, 0.15) is 0 Å². The molecule has 0 bridgehead atoms. The Balaban J connectivity index is 2.42. The molecule has 4 nitrogen and oxygen atoms in total. The zero-order valence-electron chi connectivity index (χ0n) is 10.7. The molecule has 0 spiro atoms. The van der Waals surface area contributed by atoms with Crippen LogP contribution in [0, 0.1) is 0 Å². The lowest BCUT2D eigenvalue weighted by Gasteiger charge is -2.08. The van der Waals surface area contributed by atoms with Crippen LogP contribution in [0.2, 0.25) is 0 Å². The maximum atomic E-state index is 11.6. The number of anilines is 1. The summed E-state index contributed by atoms with van der Waals surface area (Å²) in [6.07, 6.45) is 0. The van der Waals surface area contributed by atoms with Gasteiger partial charge in [0.15, 0.2) is 0 Å².